The van der Waals surface area contributed by atoms with Crippen molar-refractivity contribution in [2.24, 2.45) is 11.7 Å². The van der Waals surface area contributed by atoms with Crippen molar-refractivity contribution in [3.05, 3.63) is 0 Å². The Morgan fingerprint density at radius 2 is 2.21 bits per heavy atom. The average Bonchev–Trinajstić information content (AvgIpc) is 2.90. The van der Waals surface area contributed by atoms with Crippen molar-refractivity contribution in [1.29, 1.82) is 0 Å². The Morgan fingerprint density at radius 1 is 1.43 bits per heavy atom. The van der Waals surface area contributed by atoms with Crippen LogP contribution in [0, 0.1) is 5.92 Å². The highest BCUT2D eigenvalue weighted by molar-refractivity contribution is 4.85. The summed E-state index contributed by atoms with van der Waals surface area (Å²) in [5.41, 5.74) is 6.07. The highest BCUT2D eigenvalue weighted by Gasteiger charge is 2.29. The summed E-state index contributed by atoms with van der Waals surface area (Å²) in [6, 6.07) is 1.08. The van der Waals surface area contributed by atoms with Crippen LogP contribution in [-0.4, -0.2) is 43.8 Å². The van der Waals surface area contributed by atoms with Crippen molar-refractivity contribution in [2.75, 3.05) is 26.8 Å². The van der Waals surface area contributed by atoms with Crippen LogP contribution in [0.4, 0.5) is 0 Å². The molecule has 2 aliphatic rings. The van der Waals surface area contributed by atoms with E-state index in [1.807, 2.05) is 0 Å². The Hall–Kier alpha value is -0.120. The minimum Gasteiger partial charge on any atom is -0.380 e. The van der Waals surface area contributed by atoms with Crippen LogP contribution in [0.2, 0.25) is 0 Å². The van der Waals surface area contributed by atoms with E-state index in [-0.39, 0.29) is 0 Å². The average molecular weight is 198 g/mol. The molecular weight excluding hydrogens is 176 g/mol. The van der Waals surface area contributed by atoms with Gasteiger partial charge in [-0.15, -0.1) is 0 Å². The number of nitrogens with zero attached hydrogens (tertiary/aromatic N) is 1. The van der Waals surface area contributed by atoms with Crippen LogP contribution in [0.15, 0.2) is 0 Å². The van der Waals surface area contributed by atoms with Crippen LogP contribution >= 0.6 is 0 Å². The smallest absolute Gasteiger partial charge is 0.0622 e. The van der Waals surface area contributed by atoms with Gasteiger partial charge in [0.1, 0.15) is 0 Å². The minimum absolute atomic E-state index is 0.444. The van der Waals surface area contributed by atoms with Crippen molar-refractivity contribution in [3.63, 3.8) is 0 Å². The minimum atomic E-state index is 0.444. The van der Waals surface area contributed by atoms with Crippen LogP contribution in [0.1, 0.15) is 25.7 Å². The first-order valence-electron chi connectivity index (χ1n) is 5.81. The molecule has 1 aliphatic heterocycles. The zero-order chi connectivity index (χ0) is 9.97. The SMILES string of the molecule is CN(CCC(N)C1CC1)C1CCOC1. The normalized spacial score (nSPS) is 29.8. The van der Waals surface area contributed by atoms with E-state index < -0.39 is 0 Å². The third kappa shape index (κ3) is 2.69. The zero-order valence-corrected chi connectivity index (χ0v) is 9.11. The highest BCUT2D eigenvalue weighted by Crippen LogP contribution is 2.32. The standard InChI is InChI=1S/C11H22N2O/c1-13(10-5-7-14-8-10)6-4-11(12)9-2-3-9/h9-11H,2-8,12H2,1H3. The fourth-order valence-corrected chi connectivity index (χ4v) is 2.17. The van der Waals surface area contributed by atoms with Gasteiger partial charge in [0.2, 0.25) is 0 Å². The fourth-order valence-electron chi connectivity index (χ4n) is 2.17. The van der Waals surface area contributed by atoms with E-state index >= 15 is 0 Å². The molecule has 1 heterocycles. The number of ether oxygens (including phenoxy) is 1. The van der Waals surface area contributed by atoms with Gasteiger partial charge in [-0.25, -0.2) is 0 Å². The quantitative estimate of drug-likeness (QED) is 0.711. The second-order valence-corrected chi connectivity index (χ2v) is 4.79. The predicted octanol–water partition coefficient (Wildman–Crippen LogP) is 0.834. The maximum absolute atomic E-state index is 6.07. The van der Waals surface area contributed by atoms with E-state index in [4.69, 9.17) is 10.5 Å². The molecule has 2 rings (SSSR count). The molecule has 14 heavy (non-hydrogen) atoms. The molecule has 0 spiro atoms. The zero-order valence-electron chi connectivity index (χ0n) is 9.11. The highest BCUT2D eigenvalue weighted by atomic mass is 16.5. The maximum Gasteiger partial charge on any atom is 0.0622 e. The fraction of sp³-hybridized carbons (Fsp3) is 1.00. The summed E-state index contributed by atoms with van der Waals surface area (Å²) in [5.74, 6) is 0.836. The number of rotatable bonds is 5. The molecule has 0 radical (unpaired) electrons. The third-order valence-electron chi connectivity index (χ3n) is 3.57. The van der Waals surface area contributed by atoms with Gasteiger partial charge in [-0.1, -0.05) is 0 Å². The molecule has 2 fully saturated rings. The first-order chi connectivity index (χ1) is 6.77. The Morgan fingerprint density at radius 3 is 2.79 bits per heavy atom. The summed E-state index contributed by atoms with van der Waals surface area (Å²) in [6.07, 6.45) is 5.06. The van der Waals surface area contributed by atoms with Gasteiger partial charge in [-0.3, -0.25) is 0 Å². The molecule has 0 bridgehead atoms. The lowest BCUT2D eigenvalue weighted by molar-refractivity contribution is 0.157. The van der Waals surface area contributed by atoms with E-state index in [0.29, 0.717) is 12.1 Å². The molecule has 1 saturated heterocycles. The molecule has 0 aromatic carbocycles. The van der Waals surface area contributed by atoms with Gasteiger partial charge < -0.3 is 15.4 Å². The topological polar surface area (TPSA) is 38.5 Å². The van der Waals surface area contributed by atoms with E-state index in [1.165, 1.54) is 19.3 Å². The van der Waals surface area contributed by atoms with Gasteiger partial charge in [0.05, 0.1) is 6.61 Å². The second-order valence-electron chi connectivity index (χ2n) is 4.79. The van der Waals surface area contributed by atoms with Gasteiger partial charge >= 0.3 is 0 Å². The van der Waals surface area contributed by atoms with Crippen molar-refractivity contribution in [3.8, 4) is 0 Å². The van der Waals surface area contributed by atoms with Crippen LogP contribution < -0.4 is 5.73 Å². The van der Waals surface area contributed by atoms with Gasteiger partial charge in [-0.05, 0) is 45.2 Å². The largest absolute Gasteiger partial charge is 0.380 e. The summed E-state index contributed by atoms with van der Waals surface area (Å²) in [4.78, 5) is 2.41. The number of likely N-dealkylation sites (N-methyl/N-ethyl adjacent to an activating group) is 1. The molecule has 0 amide bonds. The van der Waals surface area contributed by atoms with Crippen LogP contribution in [0.25, 0.3) is 0 Å². The molecular formula is C11H22N2O. The van der Waals surface area contributed by atoms with Gasteiger partial charge in [0, 0.05) is 18.7 Å². The molecule has 2 atom stereocenters. The lowest BCUT2D eigenvalue weighted by Crippen LogP contribution is -2.36. The van der Waals surface area contributed by atoms with Gasteiger partial charge in [-0.2, -0.15) is 0 Å². The van der Waals surface area contributed by atoms with Crippen molar-refractivity contribution < 1.29 is 4.74 Å². The van der Waals surface area contributed by atoms with E-state index in [0.717, 1.165) is 32.1 Å². The number of hydrogen-bond acceptors (Lipinski definition) is 3. The van der Waals surface area contributed by atoms with Crippen LogP contribution in [0.5, 0.6) is 0 Å². The molecule has 2 N–H and O–H groups in total. The van der Waals surface area contributed by atoms with Crippen molar-refractivity contribution in [2.45, 2.75) is 37.8 Å². The molecule has 1 saturated carbocycles. The predicted molar refractivity (Wildman–Crippen MR) is 57.2 cm³/mol. The first-order valence-corrected chi connectivity index (χ1v) is 5.81. The molecule has 0 aromatic heterocycles. The lowest BCUT2D eigenvalue weighted by atomic mass is 10.1. The molecule has 3 heteroatoms. The molecule has 82 valence electrons. The van der Waals surface area contributed by atoms with Gasteiger partial charge in [0.15, 0.2) is 0 Å². The second kappa shape index (κ2) is 4.60. The summed E-state index contributed by atoms with van der Waals surface area (Å²) in [5, 5.41) is 0. The Balaban J connectivity index is 1.63. The van der Waals surface area contributed by atoms with Crippen molar-refractivity contribution >= 4 is 0 Å². The Kier molecular flexibility index (Phi) is 3.42. The first kappa shape index (κ1) is 10.4. The third-order valence-corrected chi connectivity index (χ3v) is 3.57. The van der Waals surface area contributed by atoms with Crippen molar-refractivity contribution in [1.82, 2.24) is 4.90 Å². The summed E-state index contributed by atoms with van der Waals surface area (Å²) < 4.78 is 5.37. The monoisotopic (exact) mass is 198 g/mol. The Bertz CT molecular complexity index is 176. The van der Waals surface area contributed by atoms with Crippen LogP contribution in [0.3, 0.4) is 0 Å². The van der Waals surface area contributed by atoms with Crippen LogP contribution in [-0.2, 0) is 4.74 Å². The molecule has 3 nitrogen and oxygen atoms in total. The Labute approximate surface area is 86.6 Å². The van der Waals surface area contributed by atoms with Gasteiger partial charge in [0.25, 0.3) is 0 Å². The molecule has 2 unspecified atom stereocenters. The van der Waals surface area contributed by atoms with E-state index in [1.54, 1.807) is 0 Å². The number of nitrogens with two attached hydrogens (primary N) is 1. The summed E-state index contributed by atoms with van der Waals surface area (Å²) in [6.45, 7) is 2.98. The summed E-state index contributed by atoms with van der Waals surface area (Å²) >= 11 is 0. The lowest BCUT2D eigenvalue weighted by Gasteiger charge is -2.24. The van der Waals surface area contributed by atoms with E-state index in [9.17, 15) is 0 Å². The molecule has 1 aliphatic carbocycles. The van der Waals surface area contributed by atoms with E-state index in [2.05, 4.69) is 11.9 Å². The number of hydrogen-bond donors (Lipinski definition) is 1. The summed E-state index contributed by atoms with van der Waals surface area (Å²) in [7, 11) is 2.19. The molecule has 0 aromatic rings. The maximum atomic E-state index is 6.07.